The first-order valence-electron chi connectivity index (χ1n) is 4.90. The average Bonchev–Trinajstić information content (AvgIpc) is 2.21. The van der Waals surface area contributed by atoms with Gasteiger partial charge in [-0.2, -0.15) is 0 Å². The fourth-order valence-corrected chi connectivity index (χ4v) is 1.38. The molecule has 3 heteroatoms. The largest absolute Gasteiger partial charge is 0.395 e. The van der Waals surface area contributed by atoms with E-state index in [4.69, 9.17) is 16.6 Å². The third-order valence-electron chi connectivity index (χ3n) is 2.19. The highest BCUT2D eigenvalue weighted by Gasteiger charge is 2.01. The van der Waals surface area contributed by atoms with Crippen LogP contribution in [-0.4, -0.2) is 24.3 Å². The Hall–Kier alpha value is -0.900. The molecule has 0 radical (unpaired) electrons. The summed E-state index contributed by atoms with van der Waals surface area (Å²) in [7, 11) is 0. The zero-order valence-electron chi connectivity index (χ0n) is 8.32. The molecule has 1 rings (SSSR count). The molecule has 0 saturated heterocycles. The van der Waals surface area contributed by atoms with Crippen molar-refractivity contribution in [3.8, 4) is 0 Å². The first-order chi connectivity index (χ1) is 6.76. The van der Waals surface area contributed by atoms with Gasteiger partial charge in [-0.3, -0.25) is 0 Å². The summed E-state index contributed by atoms with van der Waals surface area (Å²) in [5, 5.41) is 8.79. The lowest BCUT2D eigenvalue weighted by Crippen LogP contribution is -2.26. The van der Waals surface area contributed by atoms with E-state index < -0.39 is 0 Å². The van der Waals surface area contributed by atoms with Gasteiger partial charge in [0.1, 0.15) is 0 Å². The van der Waals surface area contributed by atoms with E-state index >= 15 is 0 Å². The highest BCUT2D eigenvalue weighted by molar-refractivity contribution is 5.23. The molecule has 0 fully saturated rings. The van der Waals surface area contributed by atoms with Crippen LogP contribution < -0.4 is 11.5 Å². The normalized spacial score (nSPS) is 12.8. The maximum absolute atomic E-state index is 8.79. The summed E-state index contributed by atoms with van der Waals surface area (Å²) in [6.07, 6.45) is 1.63. The second-order valence-corrected chi connectivity index (χ2v) is 3.50. The zero-order chi connectivity index (χ0) is 10.4. The first kappa shape index (κ1) is 11.2. The van der Waals surface area contributed by atoms with Gasteiger partial charge in [-0.25, -0.2) is 0 Å². The van der Waals surface area contributed by atoms with E-state index in [9.17, 15) is 0 Å². The number of hydrogen-bond acceptors (Lipinski definition) is 3. The minimum atomic E-state index is -0.157. The van der Waals surface area contributed by atoms with Crippen LogP contribution in [0.2, 0.25) is 0 Å². The van der Waals surface area contributed by atoms with Crippen molar-refractivity contribution in [3.05, 3.63) is 35.4 Å². The van der Waals surface area contributed by atoms with Crippen LogP contribution in [0.25, 0.3) is 0 Å². The number of nitrogens with two attached hydrogens (primary N) is 2. The molecule has 0 aliphatic rings. The average molecular weight is 194 g/mol. The molecule has 0 spiro atoms. The van der Waals surface area contributed by atoms with Crippen LogP contribution >= 0.6 is 0 Å². The molecule has 78 valence electrons. The van der Waals surface area contributed by atoms with Crippen molar-refractivity contribution < 1.29 is 5.11 Å². The maximum atomic E-state index is 8.79. The van der Waals surface area contributed by atoms with Gasteiger partial charge in [-0.15, -0.1) is 0 Å². The fraction of sp³-hybridized carbons (Fsp3) is 0.455. The lowest BCUT2D eigenvalue weighted by Gasteiger charge is -2.08. The standard InChI is InChI=1S/C11H18N2O/c12-6-5-9-1-3-10(4-2-9)7-11(13)8-14/h1-4,11,14H,5-8,12-13H2. The lowest BCUT2D eigenvalue weighted by molar-refractivity contribution is 0.265. The summed E-state index contributed by atoms with van der Waals surface area (Å²) >= 11 is 0. The van der Waals surface area contributed by atoms with E-state index in [0.29, 0.717) is 6.54 Å². The molecular weight excluding hydrogens is 176 g/mol. The topological polar surface area (TPSA) is 72.3 Å². The SMILES string of the molecule is NCCc1ccc(CC(N)CO)cc1. The Morgan fingerprint density at radius 3 is 2.21 bits per heavy atom. The molecule has 0 aliphatic heterocycles. The summed E-state index contributed by atoms with van der Waals surface area (Å²) in [5.41, 5.74) is 13.5. The highest BCUT2D eigenvalue weighted by Crippen LogP contribution is 2.06. The Morgan fingerprint density at radius 2 is 1.71 bits per heavy atom. The van der Waals surface area contributed by atoms with Crippen LogP contribution in [0.15, 0.2) is 24.3 Å². The van der Waals surface area contributed by atoms with Crippen LogP contribution in [0.1, 0.15) is 11.1 Å². The van der Waals surface area contributed by atoms with Gasteiger partial charge in [-0.1, -0.05) is 24.3 Å². The van der Waals surface area contributed by atoms with Crippen molar-refractivity contribution in [1.82, 2.24) is 0 Å². The molecule has 1 aromatic rings. The van der Waals surface area contributed by atoms with Crippen molar-refractivity contribution in [2.75, 3.05) is 13.2 Å². The predicted molar refractivity (Wildman–Crippen MR) is 58.0 cm³/mol. The second-order valence-electron chi connectivity index (χ2n) is 3.50. The number of rotatable bonds is 5. The van der Waals surface area contributed by atoms with Gasteiger partial charge in [0.05, 0.1) is 6.61 Å². The fourth-order valence-electron chi connectivity index (χ4n) is 1.38. The van der Waals surface area contributed by atoms with Crippen molar-refractivity contribution in [1.29, 1.82) is 0 Å². The van der Waals surface area contributed by atoms with Gasteiger partial charge in [0.25, 0.3) is 0 Å². The van der Waals surface area contributed by atoms with Crippen molar-refractivity contribution >= 4 is 0 Å². The number of hydrogen-bond donors (Lipinski definition) is 3. The summed E-state index contributed by atoms with van der Waals surface area (Å²) < 4.78 is 0. The molecule has 1 atom stereocenters. The zero-order valence-corrected chi connectivity index (χ0v) is 8.32. The van der Waals surface area contributed by atoms with Gasteiger partial charge >= 0.3 is 0 Å². The van der Waals surface area contributed by atoms with E-state index in [-0.39, 0.29) is 12.6 Å². The quantitative estimate of drug-likeness (QED) is 0.620. The van der Waals surface area contributed by atoms with E-state index in [1.165, 1.54) is 5.56 Å². The van der Waals surface area contributed by atoms with Gasteiger partial charge in [0, 0.05) is 6.04 Å². The van der Waals surface area contributed by atoms with Gasteiger partial charge in [0.2, 0.25) is 0 Å². The maximum Gasteiger partial charge on any atom is 0.0585 e. The Bertz CT molecular complexity index is 258. The smallest absolute Gasteiger partial charge is 0.0585 e. The molecule has 0 amide bonds. The number of benzene rings is 1. The Morgan fingerprint density at radius 1 is 1.14 bits per heavy atom. The molecule has 1 aromatic carbocycles. The summed E-state index contributed by atoms with van der Waals surface area (Å²) in [5.74, 6) is 0. The minimum absolute atomic E-state index is 0.0323. The molecular formula is C11H18N2O. The number of aliphatic hydroxyl groups excluding tert-OH is 1. The predicted octanol–water partition coefficient (Wildman–Crippen LogP) is 0.0499. The van der Waals surface area contributed by atoms with Crippen LogP contribution in [0.5, 0.6) is 0 Å². The Labute approximate surface area is 84.7 Å². The molecule has 14 heavy (non-hydrogen) atoms. The third-order valence-corrected chi connectivity index (χ3v) is 2.19. The van der Waals surface area contributed by atoms with E-state index in [2.05, 4.69) is 12.1 Å². The van der Waals surface area contributed by atoms with Crippen LogP contribution in [-0.2, 0) is 12.8 Å². The number of aliphatic hydroxyl groups is 1. The molecule has 0 bridgehead atoms. The van der Waals surface area contributed by atoms with Crippen LogP contribution in [0, 0.1) is 0 Å². The molecule has 0 heterocycles. The molecule has 0 aromatic heterocycles. The first-order valence-corrected chi connectivity index (χ1v) is 4.90. The Kier molecular flexibility index (Phi) is 4.59. The van der Waals surface area contributed by atoms with Crippen molar-refractivity contribution in [2.24, 2.45) is 11.5 Å². The lowest BCUT2D eigenvalue weighted by atomic mass is 10.0. The minimum Gasteiger partial charge on any atom is -0.395 e. The van der Waals surface area contributed by atoms with Gasteiger partial charge in [-0.05, 0) is 30.5 Å². The van der Waals surface area contributed by atoms with Crippen LogP contribution in [0.4, 0.5) is 0 Å². The second kappa shape index (κ2) is 5.75. The van der Waals surface area contributed by atoms with E-state index in [0.717, 1.165) is 18.4 Å². The van der Waals surface area contributed by atoms with Crippen LogP contribution in [0.3, 0.4) is 0 Å². The molecule has 0 saturated carbocycles. The van der Waals surface area contributed by atoms with E-state index in [1.807, 2.05) is 12.1 Å². The molecule has 5 N–H and O–H groups in total. The van der Waals surface area contributed by atoms with Gasteiger partial charge in [0.15, 0.2) is 0 Å². The summed E-state index contributed by atoms with van der Waals surface area (Å²) in [4.78, 5) is 0. The monoisotopic (exact) mass is 194 g/mol. The van der Waals surface area contributed by atoms with Crippen molar-refractivity contribution in [3.63, 3.8) is 0 Å². The van der Waals surface area contributed by atoms with E-state index in [1.54, 1.807) is 0 Å². The van der Waals surface area contributed by atoms with Gasteiger partial charge < -0.3 is 16.6 Å². The molecule has 3 nitrogen and oxygen atoms in total. The van der Waals surface area contributed by atoms with Crippen molar-refractivity contribution in [2.45, 2.75) is 18.9 Å². The Balaban J connectivity index is 2.54. The highest BCUT2D eigenvalue weighted by atomic mass is 16.3. The third kappa shape index (κ3) is 3.46. The summed E-state index contributed by atoms with van der Waals surface area (Å²) in [6.45, 7) is 0.708. The molecule has 1 unspecified atom stereocenters. The molecule has 0 aliphatic carbocycles. The summed E-state index contributed by atoms with van der Waals surface area (Å²) in [6, 6.07) is 8.05.